The Morgan fingerprint density at radius 3 is 2.30 bits per heavy atom. The predicted octanol–water partition coefficient (Wildman–Crippen LogP) is 4.18. The number of aryl methyl sites for hydroxylation is 1. The van der Waals surface area contributed by atoms with Gasteiger partial charge in [-0.25, -0.2) is 4.98 Å². The second kappa shape index (κ2) is 8.34. The van der Waals surface area contributed by atoms with Gasteiger partial charge in [-0.1, -0.05) is 23.2 Å². The number of azo groups is 1. The van der Waals surface area contributed by atoms with E-state index in [2.05, 4.69) is 20.2 Å². The van der Waals surface area contributed by atoms with Gasteiger partial charge in [-0.3, -0.25) is 4.55 Å². The van der Waals surface area contributed by atoms with Gasteiger partial charge in [0.05, 0.1) is 15.7 Å². The molecule has 0 fully saturated rings. The summed E-state index contributed by atoms with van der Waals surface area (Å²) in [5.74, 6) is 0.637. The van der Waals surface area contributed by atoms with Crippen molar-refractivity contribution in [1.29, 1.82) is 0 Å². The van der Waals surface area contributed by atoms with E-state index in [0.29, 0.717) is 11.6 Å². The Balaban J connectivity index is 2.43. The fourth-order valence-corrected chi connectivity index (χ4v) is 3.53. The van der Waals surface area contributed by atoms with Crippen LogP contribution in [-0.2, 0) is 10.1 Å². The lowest BCUT2D eigenvalue weighted by atomic mass is 10.3. The molecular weight excluding hydrogens is 415 g/mol. The lowest BCUT2D eigenvalue weighted by Crippen LogP contribution is -2.24. The van der Waals surface area contributed by atoms with Gasteiger partial charge in [0, 0.05) is 13.1 Å². The average molecular weight is 433 g/mol. The van der Waals surface area contributed by atoms with E-state index in [9.17, 15) is 8.42 Å². The molecule has 3 N–H and O–H groups in total. The lowest BCUT2D eigenvalue weighted by Gasteiger charge is -2.19. The minimum atomic E-state index is -4.50. The number of hydrogen-bond acceptors (Lipinski definition) is 8. The van der Waals surface area contributed by atoms with Gasteiger partial charge in [-0.05, 0) is 32.9 Å². The van der Waals surface area contributed by atoms with E-state index < -0.39 is 15.0 Å². The number of hydrogen-bond donors (Lipinski definition) is 2. The molecule has 0 bridgehead atoms. The fourth-order valence-electron chi connectivity index (χ4n) is 2.24. The van der Waals surface area contributed by atoms with Crippen LogP contribution in [0.5, 0.6) is 0 Å². The van der Waals surface area contributed by atoms with Crippen molar-refractivity contribution < 1.29 is 13.0 Å². The molecule has 0 radical (unpaired) electrons. The van der Waals surface area contributed by atoms with Gasteiger partial charge >= 0.3 is 0 Å². The zero-order valence-corrected chi connectivity index (χ0v) is 17.1. The smallest absolute Gasteiger partial charge is 0.296 e. The monoisotopic (exact) mass is 432 g/mol. The van der Waals surface area contributed by atoms with Crippen molar-refractivity contribution in [1.82, 2.24) is 9.97 Å². The molecule has 9 nitrogen and oxygen atoms in total. The molecule has 146 valence electrons. The van der Waals surface area contributed by atoms with E-state index in [1.807, 2.05) is 18.7 Å². The van der Waals surface area contributed by atoms with Crippen molar-refractivity contribution in [2.45, 2.75) is 25.7 Å². The summed E-state index contributed by atoms with van der Waals surface area (Å²) < 4.78 is 31.6. The zero-order chi connectivity index (χ0) is 20.4. The summed E-state index contributed by atoms with van der Waals surface area (Å²) in [4.78, 5) is 10.0. The van der Waals surface area contributed by atoms with Crippen LogP contribution in [0.2, 0.25) is 10.0 Å². The van der Waals surface area contributed by atoms with E-state index in [4.69, 9.17) is 33.5 Å². The number of aromatic nitrogens is 2. The van der Waals surface area contributed by atoms with Crippen molar-refractivity contribution in [2.24, 2.45) is 10.2 Å². The Bertz CT molecular complexity index is 970. The van der Waals surface area contributed by atoms with Crippen molar-refractivity contribution in [3.05, 3.63) is 27.9 Å². The summed E-state index contributed by atoms with van der Waals surface area (Å²) in [6.45, 7) is 7.13. The number of nitrogens with two attached hydrogens (primary N) is 1. The third kappa shape index (κ3) is 4.83. The first-order valence-electron chi connectivity index (χ1n) is 7.85. The molecule has 0 aliphatic heterocycles. The highest BCUT2D eigenvalue weighted by atomic mass is 35.5. The van der Waals surface area contributed by atoms with Crippen LogP contribution in [0.15, 0.2) is 27.3 Å². The summed E-state index contributed by atoms with van der Waals surface area (Å²) >= 11 is 11.9. The fraction of sp³-hybridized carbons (Fsp3) is 0.333. The Kier molecular flexibility index (Phi) is 6.58. The molecule has 0 aliphatic carbocycles. The number of nitrogens with zero attached hydrogens (tertiary/aromatic N) is 5. The number of nitrogen functional groups attached to an aromatic ring is 1. The quantitative estimate of drug-likeness (QED) is 0.515. The van der Waals surface area contributed by atoms with Crippen LogP contribution in [0.1, 0.15) is 19.5 Å². The lowest BCUT2D eigenvalue weighted by molar-refractivity contribution is 0.483. The summed E-state index contributed by atoms with van der Waals surface area (Å²) in [5.41, 5.74) is 6.86. The third-order valence-corrected chi connectivity index (χ3v) is 5.28. The average Bonchev–Trinajstić information content (AvgIpc) is 2.56. The maximum Gasteiger partial charge on any atom is 0.296 e. The summed E-state index contributed by atoms with van der Waals surface area (Å²) in [6.07, 6.45) is 0. The molecule has 0 saturated carbocycles. The van der Waals surface area contributed by atoms with E-state index >= 15 is 0 Å². The van der Waals surface area contributed by atoms with Gasteiger partial charge in [0.15, 0.2) is 5.82 Å². The van der Waals surface area contributed by atoms with E-state index in [1.54, 1.807) is 6.92 Å². The van der Waals surface area contributed by atoms with Crippen LogP contribution in [-0.4, -0.2) is 36.0 Å². The van der Waals surface area contributed by atoms with Crippen molar-refractivity contribution in [2.75, 3.05) is 23.7 Å². The van der Waals surface area contributed by atoms with Gasteiger partial charge in [-0.15, -0.1) is 10.2 Å². The molecule has 0 unspecified atom stereocenters. The minimum absolute atomic E-state index is 0.0623. The molecule has 12 heteroatoms. The highest BCUT2D eigenvalue weighted by Crippen LogP contribution is 2.35. The van der Waals surface area contributed by atoms with E-state index in [1.165, 1.54) is 6.07 Å². The molecule has 1 aromatic heterocycles. The summed E-state index contributed by atoms with van der Waals surface area (Å²) in [6, 6.07) is 2.16. The van der Waals surface area contributed by atoms with Crippen LogP contribution < -0.4 is 10.6 Å². The van der Waals surface area contributed by atoms with Gasteiger partial charge < -0.3 is 10.6 Å². The Labute approximate surface area is 167 Å². The molecule has 2 rings (SSSR count). The first kappa shape index (κ1) is 21.3. The standard InChI is InChI=1S/C15H18Cl2N6O3S/c1-4-23(5-2)15-19-8(3)13(14(18)20-15)22-21-11-6-10(17)12(7-9(11)16)27(24,25)26/h6-7H,4-5H2,1-3H3,(H2,18,19,20)(H,24,25,26). The largest absolute Gasteiger partial charge is 0.382 e. The molecule has 1 heterocycles. The van der Waals surface area contributed by atoms with Gasteiger partial charge in [0.2, 0.25) is 5.95 Å². The zero-order valence-electron chi connectivity index (χ0n) is 14.8. The second-order valence-electron chi connectivity index (χ2n) is 5.42. The minimum Gasteiger partial charge on any atom is -0.382 e. The summed E-state index contributed by atoms with van der Waals surface area (Å²) in [7, 11) is -4.50. The molecule has 27 heavy (non-hydrogen) atoms. The first-order valence-corrected chi connectivity index (χ1v) is 10.0. The molecular formula is C15H18Cl2N6O3S. The van der Waals surface area contributed by atoms with Gasteiger partial charge in [-0.2, -0.15) is 13.4 Å². The van der Waals surface area contributed by atoms with E-state index in [-0.39, 0.29) is 27.2 Å². The SMILES string of the molecule is CCN(CC)c1nc(C)c(N=Nc2cc(Cl)c(S(=O)(=O)O)cc2Cl)c(N)n1. The summed E-state index contributed by atoms with van der Waals surface area (Å²) in [5, 5.41) is 7.67. The van der Waals surface area contributed by atoms with Crippen LogP contribution in [0.3, 0.4) is 0 Å². The molecule has 0 spiro atoms. The molecule has 1 aromatic carbocycles. The molecule has 0 aliphatic rings. The molecule has 0 atom stereocenters. The topological polar surface area (TPSA) is 134 Å². The Morgan fingerprint density at radius 1 is 1.15 bits per heavy atom. The highest BCUT2D eigenvalue weighted by molar-refractivity contribution is 7.86. The van der Waals surface area contributed by atoms with Crippen molar-refractivity contribution in [3.63, 3.8) is 0 Å². The van der Waals surface area contributed by atoms with Crippen molar-refractivity contribution in [3.8, 4) is 0 Å². The third-order valence-electron chi connectivity index (χ3n) is 3.66. The predicted molar refractivity (Wildman–Crippen MR) is 105 cm³/mol. The van der Waals surface area contributed by atoms with Crippen molar-refractivity contribution >= 4 is 56.5 Å². The van der Waals surface area contributed by atoms with Crippen LogP contribution >= 0.6 is 23.2 Å². The Hall–Kier alpha value is -2.01. The number of rotatable bonds is 6. The van der Waals surface area contributed by atoms with Crippen LogP contribution in [0.4, 0.5) is 23.1 Å². The van der Waals surface area contributed by atoms with Gasteiger partial charge in [0.25, 0.3) is 10.1 Å². The first-order chi connectivity index (χ1) is 12.6. The number of halogens is 2. The Morgan fingerprint density at radius 2 is 1.78 bits per heavy atom. The maximum atomic E-state index is 11.2. The van der Waals surface area contributed by atoms with E-state index in [0.717, 1.165) is 19.2 Å². The second-order valence-corrected chi connectivity index (χ2v) is 7.63. The normalized spacial score (nSPS) is 11.9. The molecule has 0 saturated heterocycles. The maximum absolute atomic E-state index is 11.2. The molecule has 2 aromatic rings. The van der Waals surface area contributed by atoms with Crippen LogP contribution in [0.25, 0.3) is 0 Å². The van der Waals surface area contributed by atoms with Crippen LogP contribution in [0, 0.1) is 6.92 Å². The van der Waals surface area contributed by atoms with Gasteiger partial charge in [0.1, 0.15) is 16.3 Å². The molecule has 0 amide bonds. The number of benzene rings is 1. The highest BCUT2D eigenvalue weighted by Gasteiger charge is 2.18. The number of anilines is 2.